The zero-order valence-electron chi connectivity index (χ0n) is 18.8. The van der Waals surface area contributed by atoms with Gasteiger partial charge in [0.25, 0.3) is 5.91 Å². The van der Waals surface area contributed by atoms with E-state index in [4.69, 9.17) is 0 Å². The molecule has 0 bridgehead atoms. The minimum Gasteiger partial charge on any atom is -0.356 e. The molecule has 3 heterocycles. The van der Waals surface area contributed by atoms with Crippen molar-refractivity contribution in [2.45, 2.75) is 40.2 Å². The van der Waals surface area contributed by atoms with Gasteiger partial charge in [-0.15, -0.1) is 11.3 Å². The predicted molar refractivity (Wildman–Crippen MR) is 128 cm³/mol. The molecule has 8 heteroatoms. The van der Waals surface area contributed by atoms with Crippen LogP contribution in [0.1, 0.15) is 46.1 Å². The van der Waals surface area contributed by atoms with E-state index in [0.29, 0.717) is 18.7 Å². The first-order valence-corrected chi connectivity index (χ1v) is 11.9. The van der Waals surface area contributed by atoms with Crippen molar-refractivity contribution in [3.63, 3.8) is 0 Å². The van der Waals surface area contributed by atoms with Crippen LogP contribution in [0.5, 0.6) is 0 Å². The molecule has 2 amide bonds. The SMILES string of the molecule is CCNC(=O)c1cccc(CNC(=O)C2CCN(c3ncnc4sc(C)c(C)c34)CC2)c1. The summed E-state index contributed by atoms with van der Waals surface area (Å²) in [6.45, 7) is 8.74. The van der Waals surface area contributed by atoms with E-state index in [1.807, 2.05) is 25.1 Å². The lowest BCUT2D eigenvalue weighted by atomic mass is 9.95. The summed E-state index contributed by atoms with van der Waals surface area (Å²) in [7, 11) is 0. The number of piperidine rings is 1. The number of thiophene rings is 1. The van der Waals surface area contributed by atoms with Crippen LogP contribution in [-0.4, -0.2) is 41.4 Å². The second-order valence-electron chi connectivity index (χ2n) is 8.20. The van der Waals surface area contributed by atoms with Crippen LogP contribution in [0, 0.1) is 19.8 Å². The highest BCUT2D eigenvalue weighted by molar-refractivity contribution is 7.18. The highest BCUT2D eigenvalue weighted by atomic mass is 32.1. The van der Waals surface area contributed by atoms with Crippen LogP contribution in [0.15, 0.2) is 30.6 Å². The topological polar surface area (TPSA) is 87.2 Å². The van der Waals surface area contributed by atoms with Crippen molar-refractivity contribution < 1.29 is 9.59 Å². The molecular weight excluding hydrogens is 422 g/mol. The molecule has 0 atom stereocenters. The first-order valence-electron chi connectivity index (χ1n) is 11.1. The van der Waals surface area contributed by atoms with Gasteiger partial charge in [-0.1, -0.05) is 12.1 Å². The van der Waals surface area contributed by atoms with Gasteiger partial charge in [0.2, 0.25) is 5.91 Å². The number of anilines is 1. The van der Waals surface area contributed by atoms with Crippen LogP contribution in [-0.2, 0) is 11.3 Å². The molecule has 1 fully saturated rings. The molecule has 1 aliphatic rings. The first-order chi connectivity index (χ1) is 15.5. The molecule has 1 aliphatic heterocycles. The Morgan fingerprint density at radius 1 is 1.16 bits per heavy atom. The third-order valence-electron chi connectivity index (χ3n) is 6.10. The zero-order valence-corrected chi connectivity index (χ0v) is 19.6. The summed E-state index contributed by atoms with van der Waals surface area (Å²) in [6, 6.07) is 7.39. The number of hydrogen-bond donors (Lipinski definition) is 2. The molecule has 32 heavy (non-hydrogen) atoms. The molecule has 4 rings (SSSR count). The lowest BCUT2D eigenvalue weighted by molar-refractivity contribution is -0.125. The van der Waals surface area contributed by atoms with Gasteiger partial charge < -0.3 is 15.5 Å². The second kappa shape index (κ2) is 9.65. The normalized spacial score (nSPS) is 14.5. The van der Waals surface area contributed by atoms with E-state index >= 15 is 0 Å². The summed E-state index contributed by atoms with van der Waals surface area (Å²) < 4.78 is 0. The Balaban J connectivity index is 1.35. The van der Waals surface area contributed by atoms with Gasteiger partial charge in [0.15, 0.2) is 0 Å². The van der Waals surface area contributed by atoms with Gasteiger partial charge in [0.05, 0.1) is 5.39 Å². The maximum Gasteiger partial charge on any atom is 0.251 e. The molecule has 1 aromatic carbocycles. The third-order valence-corrected chi connectivity index (χ3v) is 7.22. The van der Waals surface area contributed by atoms with E-state index in [0.717, 1.165) is 47.5 Å². The standard InChI is InChI=1S/C24H29N5O2S/c1-4-25-23(31)19-7-5-6-17(12-19)13-26-22(30)18-8-10-29(11-9-18)21-20-15(2)16(3)32-24(20)28-14-27-21/h5-7,12,14,18H,4,8-11,13H2,1-3H3,(H,25,31)(H,26,30). The fraction of sp³-hybridized carbons (Fsp3) is 0.417. The maximum absolute atomic E-state index is 12.8. The number of nitrogens with one attached hydrogen (secondary N) is 2. The molecule has 2 N–H and O–H groups in total. The summed E-state index contributed by atoms with van der Waals surface area (Å²) in [4.78, 5) is 38.4. The summed E-state index contributed by atoms with van der Waals surface area (Å²) in [5.41, 5.74) is 2.78. The van der Waals surface area contributed by atoms with Gasteiger partial charge >= 0.3 is 0 Å². The van der Waals surface area contributed by atoms with Crippen LogP contribution < -0.4 is 15.5 Å². The number of fused-ring (bicyclic) bond motifs is 1. The van der Waals surface area contributed by atoms with E-state index < -0.39 is 0 Å². The molecule has 0 unspecified atom stereocenters. The van der Waals surface area contributed by atoms with Gasteiger partial charge in [-0.3, -0.25) is 9.59 Å². The van der Waals surface area contributed by atoms with Crippen molar-refractivity contribution in [2.24, 2.45) is 5.92 Å². The fourth-order valence-corrected chi connectivity index (χ4v) is 5.17. The average molecular weight is 452 g/mol. The van der Waals surface area contributed by atoms with Crippen LogP contribution in [0.25, 0.3) is 10.2 Å². The lowest BCUT2D eigenvalue weighted by Gasteiger charge is -2.32. The number of aromatic nitrogens is 2. The van der Waals surface area contributed by atoms with Crippen LogP contribution >= 0.6 is 11.3 Å². The van der Waals surface area contributed by atoms with E-state index in [2.05, 4.69) is 39.3 Å². The molecule has 1 saturated heterocycles. The van der Waals surface area contributed by atoms with Gasteiger partial charge in [-0.25, -0.2) is 9.97 Å². The Morgan fingerprint density at radius 3 is 2.69 bits per heavy atom. The Hall–Kier alpha value is -3.00. The Bertz CT molecular complexity index is 1130. The zero-order chi connectivity index (χ0) is 22.7. The molecule has 2 aromatic heterocycles. The van der Waals surface area contributed by atoms with Crippen LogP contribution in [0.2, 0.25) is 0 Å². The summed E-state index contributed by atoms with van der Waals surface area (Å²) in [5.74, 6) is 0.949. The highest BCUT2D eigenvalue weighted by Gasteiger charge is 2.27. The van der Waals surface area contributed by atoms with Crippen molar-refractivity contribution in [3.8, 4) is 0 Å². The molecular formula is C24H29N5O2S. The monoisotopic (exact) mass is 451 g/mol. The molecule has 0 radical (unpaired) electrons. The molecule has 0 saturated carbocycles. The van der Waals surface area contributed by atoms with Crippen molar-refractivity contribution in [1.82, 2.24) is 20.6 Å². The average Bonchev–Trinajstić information content (AvgIpc) is 3.11. The number of carbonyl (C=O) groups excluding carboxylic acids is 2. The minimum atomic E-state index is -0.0945. The molecule has 3 aromatic rings. The Kier molecular flexibility index (Phi) is 6.69. The number of benzene rings is 1. The summed E-state index contributed by atoms with van der Waals surface area (Å²) in [6.07, 6.45) is 3.22. The third kappa shape index (κ3) is 4.60. The molecule has 7 nitrogen and oxygen atoms in total. The largest absolute Gasteiger partial charge is 0.356 e. The van der Waals surface area contributed by atoms with Gasteiger partial charge in [-0.05, 0) is 56.9 Å². The lowest BCUT2D eigenvalue weighted by Crippen LogP contribution is -2.40. The van der Waals surface area contributed by atoms with Gasteiger partial charge in [0.1, 0.15) is 17.0 Å². The number of rotatable bonds is 6. The Morgan fingerprint density at radius 2 is 1.94 bits per heavy atom. The first kappa shape index (κ1) is 22.2. The number of carbonyl (C=O) groups is 2. The number of nitrogens with zero attached hydrogens (tertiary/aromatic N) is 3. The molecule has 0 aliphatic carbocycles. The van der Waals surface area contributed by atoms with Gasteiger partial charge in [0, 0.05) is 42.5 Å². The van der Waals surface area contributed by atoms with E-state index in [1.54, 1.807) is 23.7 Å². The summed E-state index contributed by atoms with van der Waals surface area (Å²) >= 11 is 1.71. The smallest absolute Gasteiger partial charge is 0.251 e. The van der Waals surface area contributed by atoms with Crippen molar-refractivity contribution in [1.29, 1.82) is 0 Å². The van der Waals surface area contributed by atoms with E-state index in [9.17, 15) is 9.59 Å². The number of amides is 2. The van der Waals surface area contributed by atoms with Crippen LogP contribution in [0.4, 0.5) is 5.82 Å². The van der Waals surface area contributed by atoms with Crippen LogP contribution in [0.3, 0.4) is 0 Å². The second-order valence-corrected chi connectivity index (χ2v) is 9.40. The van der Waals surface area contributed by atoms with Crippen molar-refractivity contribution in [2.75, 3.05) is 24.5 Å². The van der Waals surface area contributed by atoms with Gasteiger partial charge in [-0.2, -0.15) is 0 Å². The van der Waals surface area contributed by atoms with E-state index in [1.165, 1.54) is 10.4 Å². The van der Waals surface area contributed by atoms with E-state index in [-0.39, 0.29) is 17.7 Å². The number of aryl methyl sites for hydroxylation is 2. The van der Waals surface area contributed by atoms with Crippen molar-refractivity contribution in [3.05, 3.63) is 52.2 Å². The quantitative estimate of drug-likeness (QED) is 0.598. The predicted octanol–water partition coefficient (Wildman–Crippen LogP) is 3.59. The summed E-state index contributed by atoms with van der Waals surface area (Å²) in [5, 5.41) is 6.99. The fourth-order valence-electron chi connectivity index (χ4n) is 4.18. The highest BCUT2D eigenvalue weighted by Crippen LogP contribution is 2.35. The minimum absolute atomic E-state index is 0.0135. The molecule has 168 valence electrons. The van der Waals surface area contributed by atoms with Crippen molar-refractivity contribution >= 4 is 39.2 Å². The number of hydrogen-bond acceptors (Lipinski definition) is 6. The maximum atomic E-state index is 12.8. The molecule has 0 spiro atoms. The Labute approximate surface area is 192 Å².